The molecule has 3 aromatic rings. The second-order valence-corrected chi connectivity index (χ2v) is 6.48. The Morgan fingerprint density at radius 2 is 1.89 bits per heavy atom. The van der Waals surface area contributed by atoms with Gasteiger partial charge in [-0.2, -0.15) is 4.68 Å². The molecule has 0 aliphatic carbocycles. The molecule has 0 bridgehead atoms. The summed E-state index contributed by atoms with van der Waals surface area (Å²) in [7, 11) is 1.57. The van der Waals surface area contributed by atoms with Gasteiger partial charge in [0.15, 0.2) is 0 Å². The van der Waals surface area contributed by atoms with Crippen LogP contribution in [0.2, 0.25) is 0 Å². The lowest BCUT2D eigenvalue weighted by Gasteiger charge is -2.07. The highest BCUT2D eigenvalue weighted by atomic mass is 32.2. The maximum absolute atomic E-state index is 12.3. The largest absolute Gasteiger partial charge is 0.496 e. The number of hydrogen-bond acceptors (Lipinski definition) is 7. The van der Waals surface area contributed by atoms with E-state index in [0.717, 1.165) is 5.56 Å². The first kappa shape index (κ1) is 18.6. The third-order valence-electron chi connectivity index (χ3n) is 3.74. The van der Waals surface area contributed by atoms with Gasteiger partial charge < -0.3 is 9.84 Å². The Balaban J connectivity index is 1.66. The fraction of sp³-hybridized carbons (Fsp3) is 0.167. The Morgan fingerprint density at radius 3 is 2.59 bits per heavy atom. The summed E-state index contributed by atoms with van der Waals surface area (Å²) in [6.45, 7) is 0. The van der Waals surface area contributed by atoms with Gasteiger partial charge >= 0.3 is 5.97 Å². The van der Waals surface area contributed by atoms with E-state index in [9.17, 15) is 9.59 Å². The SMILES string of the molecule is COc1ccccc1CC(=O)CSc1nnnn1-c1ccc(C(=O)O)cc1. The standard InChI is InChI=1S/C18H16N4O4S/c1-26-16-5-3-2-4-13(16)10-15(23)11-27-18-19-20-21-22(18)14-8-6-12(7-9-14)17(24)25/h2-9H,10-11H2,1H3,(H,24,25). The van der Waals surface area contributed by atoms with E-state index in [-0.39, 0.29) is 23.5 Å². The van der Waals surface area contributed by atoms with Crippen LogP contribution in [0.3, 0.4) is 0 Å². The highest BCUT2D eigenvalue weighted by molar-refractivity contribution is 7.99. The first-order valence-electron chi connectivity index (χ1n) is 7.97. The second-order valence-electron chi connectivity index (χ2n) is 5.54. The molecule has 0 saturated heterocycles. The maximum Gasteiger partial charge on any atom is 0.335 e. The van der Waals surface area contributed by atoms with Crippen molar-refractivity contribution >= 4 is 23.5 Å². The molecule has 0 aliphatic heterocycles. The number of thioether (sulfide) groups is 1. The topological polar surface area (TPSA) is 107 Å². The quantitative estimate of drug-likeness (QED) is 0.590. The van der Waals surface area contributed by atoms with Crippen molar-refractivity contribution in [1.29, 1.82) is 0 Å². The highest BCUT2D eigenvalue weighted by Crippen LogP contribution is 2.21. The van der Waals surface area contributed by atoms with Gasteiger partial charge in [-0.05, 0) is 40.8 Å². The van der Waals surface area contributed by atoms with Gasteiger partial charge in [0.2, 0.25) is 5.16 Å². The number of carbonyl (C=O) groups is 2. The molecule has 0 spiro atoms. The summed E-state index contributed by atoms with van der Waals surface area (Å²) in [5.74, 6) is -0.111. The van der Waals surface area contributed by atoms with Crippen molar-refractivity contribution in [1.82, 2.24) is 20.2 Å². The predicted molar refractivity (Wildman–Crippen MR) is 98.5 cm³/mol. The van der Waals surface area contributed by atoms with Gasteiger partial charge in [-0.15, -0.1) is 5.10 Å². The summed E-state index contributed by atoms with van der Waals surface area (Å²) in [5, 5.41) is 20.9. The number of carboxylic acids is 1. The minimum atomic E-state index is -1.00. The number of para-hydroxylation sites is 1. The second kappa shape index (κ2) is 8.45. The van der Waals surface area contributed by atoms with E-state index in [1.807, 2.05) is 24.3 Å². The zero-order valence-corrected chi connectivity index (χ0v) is 15.2. The van der Waals surface area contributed by atoms with Crippen molar-refractivity contribution in [3.8, 4) is 11.4 Å². The van der Waals surface area contributed by atoms with Crippen LogP contribution < -0.4 is 4.74 Å². The zero-order chi connectivity index (χ0) is 19.2. The number of ketones is 1. The number of aromatic nitrogens is 4. The van der Waals surface area contributed by atoms with E-state index in [4.69, 9.17) is 9.84 Å². The number of carbonyl (C=O) groups excluding carboxylic acids is 1. The third kappa shape index (κ3) is 4.50. The molecule has 138 valence electrons. The summed E-state index contributed by atoms with van der Waals surface area (Å²) >= 11 is 1.22. The summed E-state index contributed by atoms with van der Waals surface area (Å²) in [6, 6.07) is 13.6. The molecule has 0 saturated carbocycles. The van der Waals surface area contributed by atoms with Crippen LogP contribution in [-0.4, -0.2) is 49.9 Å². The van der Waals surface area contributed by atoms with Crippen LogP contribution in [-0.2, 0) is 11.2 Å². The maximum atomic E-state index is 12.3. The molecule has 0 aliphatic rings. The van der Waals surface area contributed by atoms with Crippen molar-refractivity contribution in [3.63, 3.8) is 0 Å². The molecule has 1 heterocycles. The molecule has 2 aromatic carbocycles. The van der Waals surface area contributed by atoms with Crippen LogP contribution in [0.4, 0.5) is 0 Å². The number of tetrazole rings is 1. The molecule has 1 N–H and O–H groups in total. The average molecular weight is 384 g/mol. The van der Waals surface area contributed by atoms with Crippen LogP contribution in [0.15, 0.2) is 53.7 Å². The Labute approximate surface area is 159 Å². The van der Waals surface area contributed by atoms with E-state index in [2.05, 4.69) is 15.5 Å². The Morgan fingerprint density at radius 1 is 1.15 bits per heavy atom. The molecule has 0 unspecified atom stereocenters. The fourth-order valence-corrected chi connectivity index (χ4v) is 3.18. The highest BCUT2D eigenvalue weighted by Gasteiger charge is 2.14. The summed E-state index contributed by atoms with van der Waals surface area (Å²) in [5.41, 5.74) is 1.62. The molecular formula is C18H16N4O4S. The van der Waals surface area contributed by atoms with Crippen LogP contribution in [0.25, 0.3) is 5.69 Å². The smallest absolute Gasteiger partial charge is 0.335 e. The molecule has 0 fully saturated rings. The van der Waals surface area contributed by atoms with Gasteiger partial charge in [-0.1, -0.05) is 30.0 Å². The van der Waals surface area contributed by atoms with Crippen LogP contribution >= 0.6 is 11.8 Å². The molecule has 0 atom stereocenters. The van der Waals surface area contributed by atoms with Crippen LogP contribution in [0, 0.1) is 0 Å². The Bertz CT molecular complexity index is 956. The Hall–Kier alpha value is -3.20. The van der Waals surface area contributed by atoms with Crippen molar-refractivity contribution in [3.05, 3.63) is 59.7 Å². The number of carboxylic acid groups (broad SMARTS) is 1. The number of benzene rings is 2. The normalized spacial score (nSPS) is 10.6. The summed E-state index contributed by atoms with van der Waals surface area (Å²) in [4.78, 5) is 23.3. The minimum Gasteiger partial charge on any atom is -0.496 e. The third-order valence-corrected chi connectivity index (χ3v) is 4.72. The van der Waals surface area contributed by atoms with E-state index in [0.29, 0.717) is 16.6 Å². The molecule has 8 nitrogen and oxygen atoms in total. The first-order valence-corrected chi connectivity index (χ1v) is 8.95. The molecule has 9 heteroatoms. The van der Waals surface area contributed by atoms with Gasteiger partial charge in [0.05, 0.1) is 24.1 Å². The van der Waals surface area contributed by atoms with Gasteiger partial charge in [0, 0.05) is 12.0 Å². The molecule has 0 radical (unpaired) electrons. The molecule has 0 amide bonds. The van der Waals surface area contributed by atoms with E-state index in [1.54, 1.807) is 19.2 Å². The van der Waals surface area contributed by atoms with Crippen LogP contribution in [0.5, 0.6) is 5.75 Å². The summed E-state index contributed by atoms with van der Waals surface area (Å²) in [6.07, 6.45) is 0.256. The van der Waals surface area contributed by atoms with E-state index in [1.165, 1.54) is 28.6 Å². The predicted octanol–water partition coefficient (Wildman–Crippen LogP) is 2.27. The zero-order valence-electron chi connectivity index (χ0n) is 14.4. The van der Waals surface area contributed by atoms with E-state index >= 15 is 0 Å². The number of aromatic carboxylic acids is 1. The number of ether oxygens (including phenoxy) is 1. The number of nitrogens with zero attached hydrogens (tertiary/aromatic N) is 4. The van der Waals surface area contributed by atoms with E-state index < -0.39 is 5.97 Å². The van der Waals surface area contributed by atoms with Crippen molar-refractivity contribution in [2.45, 2.75) is 11.6 Å². The average Bonchev–Trinajstić information content (AvgIpc) is 3.15. The Kier molecular flexibility index (Phi) is 5.82. The molecule has 1 aromatic heterocycles. The number of rotatable bonds is 8. The van der Waals surface area contributed by atoms with Crippen molar-refractivity contribution in [2.75, 3.05) is 12.9 Å². The van der Waals surface area contributed by atoms with Gasteiger partial charge in [-0.3, -0.25) is 4.79 Å². The fourth-order valence-electron chi connectivity index (χ4n) is 2.43. The lowest BCUT2D eigenvalue weighted by atomic mass is 10.1. The van der Waals surface area contributed by atoms with Crippen LogP contribution in [0.1, 0.15) is 15.9 Å². The monoisotopic (exact) mass is 384 g/mol. The molecular weight excluding hydrogens is 368 g/mol. The number of methoxy groups -OCH3 is 1. The molecule has 3 rings (SSSR count). The van der Waals surface area contributed by atoms with Gasteiger partial charge in [0.25, 0.3) is 0 Å². The minimum absolute atomic E-state index is 0.0141. The first-order chi connectivity index (χ1) is 13.1. The lowest BCUT2D eigenvalue weighted by Crippen LogP contribution is -2.08. The molecule has 27 heavy (non-hydrogen) atoms. The lowest BCUT2D eigenvalue weighted by molar-refractivity contribution is -0.116. The van der Waals surface area contributed by atoms with Gasteiger partial charge in [-0.25, -0.2) is 4.79 Å². The number of hydrogen-bond donors (Lipinski definition) is 1. The number of Topliss-reactive ketones (excluding diaryl/α,β-unsaturated/α-hetero) is 1. The van der Waals surface area contributed by atoms with Crippen molar-refractivity contribution in [2.24, 2.45) is 0 Å². The van der Waals surface area contributed by atoms with Gasteiger partial charge in [0.1, 0.15) is 11.5 Å². The summed E-state index contributed by atoms with van der Waals surface area (Å²) < 4.78 is 6.73. The van der Waals surface area contributed by atoms with Crippen molar-refractivity contribution < 1.29 is 19.4 Å².